The van der Waals surface area contributed by atoms with Gasteiger partial charge in [0.2, 0.25) is 0 Å². The van der Waals surface area contributed by atoms with Crippen LogP contribution in [-0.4, -0.2) is 22.2 Å². The van der Waals surface area contributed by atoms with Crippen LogP contribution in [0, 0.1) is 0 Å². The maximum absolute atomic E-state index is 11.1. The van der Waals surface area contributed by atoms with Gasteiger partial charge in [-0.3, -0.25) is 4.98 Å². The maximum Gasteiger partial charge on any atom is 0.337 e. The van der Waals surface area contributed by atoms with E-state index < -0.39 is 5.97 Å². The third-order valence-electron chi connectivity index (χ3n) is 2.62. The number of benzene rings is 1. The molecule has 0 radical (unpaired) electrons. The van der Waals surface area contributed by atoms with E-state index in [1.165, 1.54) is 6.07 Å². The van der Waals surface area contributed by atoms with E-state index in [9.17, 15) is 4.79 Å². The standard InChI is InChI=1S/C15H14ClNO3/c1-9(2)20-12-5-11(7-17-8-12)10-3-4-14(16)13(6-10)15(18)19/h3-9H,1-2H3,(H,18,19). The molecule has 0 spiro atoms. The molecule has 0 bridgehead atoms. The van der Waals surface area contributed by atoms with Crippen molar-refractivity contribution in [3.8, 4) is 16.9 Å². The summed E-state index contributed by atoms with van der Waals surface area (Å²) in [5.41, 5.74) is 1.58. The first-order valence-corrected chi connectivity index (χ1v) is 6.50. The summed E-state index contributed by atoms with van der Waals surface area (Å²) in [7, 11) is 0. The first-order chi connectivity index (χ1) is 9.47. The van der Waals surface area contributed by atoms with E-state index in [0.717, 1.165) is 11.1 Å². The summed E-state index contributed by atoms with van der Waals surface area (Å²) < 4.78 is 5.57. The number of hydrogen-bond acceptors (Lipinski definition) is 3. The Hall–Kier alpha value is -2.07. The fraction of sp³-hybridized carbons (Fsp3) is 0.200. The zero-order chi connectivity index (χ0) is 14.7. The molecule has 20 heavy (non-hydrogen) atoms. The van der Waals surface area contributed by atoms with Crippen molar-refractivity contribution in [2.45, 2.75) is 20.0 Å². The van der Waals surface area contributed by atoms with Crippen molar-refractivity contribution in [3.63, 3.8) is 0 Å². The van der Waals surface area contributed by atoms with E-state index in [-0.39, 0.29) is 16.7 Å². The van der Waals surface area contributed by atoms with Crippen molar-refractivity contribution in [1.29, 1.82) is 0 Å². The smallest absolute Gasteiger partial charge is 0.337 e. The summed E-state index contributed by atoms with van der Waals surface area (Å²) in [5, 5.41) is 9.30. The quantitative estimate of drug-likeness (QED) is 0.928. The minimum atomic E-state index is -1.06. The van der Waals surface area contributed by atoms with Crippen molar-refractivity contribution in [3.05, 3.63) is 47.2 Å². The summed E-state index contributed by atoms with van der Waals surface area (Å²) in [4.78, 5) is 15.2. The lowest BCUT2D eigenvalue weighted by molar-refractivity contribution is 0.0697. The third kappa shape index (κ3) is 3.27. The van der Waals surface area contributed by atoms with Crippen LogP contribution in [0.4, 0.5) is 0 Å². The van der Waals surface area contributed by atoms with Gasteiger partial charge in [0.15, 0.2) is 0 Å². The predicted octanol–water partition coefficient (Wildman–Crippen LogP) is 3.89. The molecular weight excluding hydrogens is 278 g/mol. The Bertz CT molecular complexity index is 641. The van der Waals surface area contributed by atoms with Gasteiger partial charge in [-0.1, -0.05) is 17.7 Å². The van der Waals surface area contributed by atoms with E-state index in [1.54, 1.807) is 24.5 Å². The van der Waals surface area contributed by atoms with Crippen LogP contribution in [0.25, 0.3) is 11.1 Å². The Morgan fingerprint density at radius 2 is 2.00 bits per heavy atom. The fourth-order valence-electron chi connectivity index (χ4n) is 1.78. The number of carbonyl (C=O) groups is 1. The number of pyridine rings is 1. The molecule has 0 atom stereocenters. The molecule has 0 aliphatic carbocycles. The average Bonchev–Trinajstić information content (AvgIpc) is 2.38. The largest absolute Gasteiger partial charge is 0.489 e. The highest BCUT2D eigenvalue weighted by Gasteiger charge is 2.11. The summed E-state index contributed by atoms with van der Waals surface area (Å²) in [6.45, 7) is 3.86. The Kier molecular flexibility index (Phi) is 4.25. The van der Waals surface area contributed by atoms with Gasteiger partial charge >= 0.3 is 5.97 Å². The first kappa shape index (κ1) is 14.3. The molecule has 5 heteroatoms. The molecule has 2 rings (SSSR count). The molecule has 0 amide bonds. The second-order valence-electron chi connectivity index (χ2n) is 4.58. The molecule has 0 saturated carbocycles. The van der Waals surface area contributed by atoms with Crippen molar-refractivity contribution >= 4 is 17.6 Å². The van der Waals surface area contributed by atoms with Crippen molar-refractivity contribution in [1.82, 2.24) is 4.98 Å². The number of hydrogen-bond donors (Lipinski definition) is 1. The summed E-state index contributed by atoms with van der Waals surface area (Å²) in [6, 6.07) is 6.67. The lowest BCUT2D eigenvalue weighted by Gasteiger charge is -2.11. The number of carboxylic acids is 1. The Balaban J connectivity index is 2.41. The molecule has 0 unspecified atom stereocenters. The second kappa shape index (κ2) is 5.92. The Morgan fingerprint density at radius 3 is 2.65 bits per heavy atom. The Morgan fingerprint density at radius 1 is 1.25 bits per heavy atom. The molecule has 1 aromatic heterocycles. The van der Waals surface area contributed by atoms with Gasteiger partial charge in [-0.25, -0.2) is 4.79 Å². The van der Waals surface area contributed by atoms with Crippen LogP contribution < -0.4 is 4.74 Å². The minimum Gasteiger partial charge on any atom is -0.489 e. The molecule has 0 aliphatic rings. The molecule has 1 aromatic carbocycles. The van der Waals surface area contributed by atoms with E-state index in [2.05, 4.69) is 4.98 Å². The highest BCUT2D eigenvalue weighted by atomic mass is 35.5. The molecule has 1 N–H and O–H groups in total. The monoisotopic (exact) mass is 291 g/mol. The van der Waals surface area contributed by atoms with Crippen LogP contribution in [0.3, 0.4) is 0 Å². The number of nitrogens with zero attached hydrogens (tertiary/aromatic N) is 1. The van der Waals surface area contributed by atoms with Gasteiger partial charge in [0, 0.05) is 11.8 Å². The van der Waals surface area contributed by atoms with Gasteiger partial charge in [-0.15, -0.1) is 0 Å². The number of halogens is 1. The molecule has 2 aromatic rings. The summed E-state index contributed by atoms with van der Waals surface area (Å²) >= 11 is 5.86. The topological polar surface area (TPSA) is 59.4 Å². The van der Waals surface area contributed by atoms with Crippen LogP contribution in [0.15, 0.2) is 36.7 Å². The molecule has 104 valence electrons. The number of aromatic carboxylic acids is 1. The fourth-order valence-corrected chi connectivity index (χ4v) is 1.98. The molecule has 0 saturated heterocycles. The van der Waals surface area contributed by atoms with Gasteiger partial charge < -0.3 is 9.84 Å². The number of aromatic nitrogens is 1. The highest BCUT2D eigenvalue weighted by molar-refractivity contribution is 6.33. The predicted molar refractivity (Wildman–Crippen MR) is 77.4 cm³/mol. The van der Waals surface area contributed by atoms with Gasteiger partial charge in [0.05, 0.1) is 22.9 Å². The van der Waals surface area contributed by atoms with Crippen molar-refractivity contribution in [2.75, 3.05) is 0 Å². The first-order valence-electron chi connectivity index (χ1n) is 6.12. The number of rotatable bonds is 4. The lowest BCUT2D eigenvalue weighted by atomic mass is 10.0. The zero-order valence-electron chi connectivity index (χ0n) is 11.1. The second-order valence-corrected chi connectivity index (χ2v) is 4.98. The molecule has 0 aliphatic heterocycles. The Labute approximate surface area is 122 Å². The number of carboxylic acid groups (broad SMARTS) is 1. The van der Waals surface area contributed by atoms with Crippen LogP contribution in [0.1, 0.15) is 24.2 Å². The molecule has 4 nitrogen and oxygen atoms in total. The average molecular weight is 292 g/mol. The SMILES string of the molecule is CC(C)Oc1cncc(-c2ccc(Cl)c(C(=O)O)c2)c1. The molecule has 1 heterocycles. The zero-order valence-corrected chi connectivity index (χ0v) is 11.9. The van der Waals surface area contributed by atoms with E-state index in [0.29, 0.717) is 5.75 Å². The summed E-state index contributed by atoms with van der Waals surface area (Å²) in [5.74, 6) is -0.413. The van der Waals surface area contributed by atoms with Crippen LogP contribution in [-0.2, 0) is 0 Å². The van der Waals surface area contributed by atoms with Crippen molar-refractivity contribution in [2.24, 2.45) is 0 Å². The lowest BCUT2D eigenvalue weighted by Crippen LogP contribution is -2.05. The minimum absolute atomic E-state index is 0.0480. The van der Waals surface area contributed by atoms with Crippen molar-refractivity contribution < 1.29 is 14.6 Å². The third-order valence-corrected chi connectivity index (χ3v) is 2.94. The van der Waals surface area contributed by atoms with Crippen LogP contribution in [0.2, 0.25) is 5.02 Å². The van der Waals surface area contributed by atoms with E-state index >= 15 is 0 Å². The van der Waals surface area contributed by atoms with Gasteiger partial charge in [-0.05, 0) is 37.6 Å². The molecular formula is C15H14ClNO3. The van der Waals surface area contributed by atoms with E-state index in [4.69, 9.17) is 21.4 Å². The molecule has 0 fully saturated rings. The van der Waals surface area contributed by atoms with Gasteiger partial charge in [0.25, 0.3) is 0 Å². The summed E-state index contributed by atoms with van der Waals surface area (Å²) in [6.07, 6.45) is 3.33. The van der Waals surface area contributed by atoms with Gasteiger partial charge in [0.1, 0.15) is 5.75 Å². The number of ether oxygens (including phenoxy) is 1. The normalized spacial score (nSPS) is 10.6. The highest BCUT2D eigenvalue weighted by Crippen LogP contribution is 2.27. The maximum atomic E-state index is 11.1. The van der Waals surface area contributed by atoms with Crippen LogP contribution in [0.5, 0.6) is 5.75 Å². The van der Waals surface area contributed by atoms with Crippen LogP contribution >= 0.6 is 11.6 Å². The van der Waals surface area contributed by atoms with E-state index in [1.807, 2.05) is 19.9 Å². The van der Waals surface area contributed by atoms with Gasteiger partial charge in [-0.2, -0.15) is 0 Å².